The monoisotopic (exact) mass is 374 g/mol. The summed E-state index contributed by atoms with van der Waals surface area (Å²) in [4.78, 5) is 24.3. The van der Waals surface area contributed by atoms with Crippen LogP contribution in [0.5, 0.6) is 5.75 Å². The van der Waals surface area contributed by atoms with Crippen molar-refractivity contribution in [3.8, 4) is 5.75 Å². The van der Waals surface area contributed by atoms with Crippen LogP contribution in [0.25, 0.3) is 11.0 Å². The van der Waals surface area contributed by atoms with Crippen LogP contribution in [-0.2, 0) is 4.79 Å². The first-order valence-electron chi connectivity index (χ1n) is 8.96. The highest BCUT2D eigenvalue weighted by atomic mass is 16.5. The maximum Gasteiger partial charge on any atom is 0.256 e. The third kappa shape index (κ3) is 3.64. The Kier molecular flexibility index (Phi) is 4.67. The molecule has 1 fully saturated rings. The Labute approximate surface area is 157 Å². The van der Waals surface area contributed by atoms with Crippen molar-refractivity contribution in [2.45, 2.75) is 39.7 Å². The average Bonchev–Trinajstić information content (AvgIpc) is 3.06. The Hall–Kier alpha value is -2.54. The molecule has 2 amide bonds. The molecule has 0 aliphatic heterocycles. The van der Waals surface area contributed by atoms with Crippen molar-refractivity contribution in [1.29, 1.82) is 0 Å². The number of carbonyl (C=O) groups excluding carboxylic acids is 2. The predicted molar refractivity (Wildman–Crippen MR) is 100 cm³/mol. The average molecular weight is 374 g/mol. The molecule has 0 radical (unpaired) electrons. The molecule has 3 rings (SSSR count). The van der Waals surface area contributed by atoms with Crippen molar-refractivity contribution in [1.82, 2.24) is 5.32 Å². The second-order valence-electron chi connectivity index (χ2n) is 8.20. The number of fused-ring (bicyclic) bond motifs is 1. The fraction of sp³-hybridized carbons (Fsp3) is 0.500. The third-order valence-corrected chi connectivity index (χ3v) is 5.48. The first-order valence-corrected chi connectivity index (χ1v) is 8.96. The van der Waals surface area contributed by atoms with Crippen LogP contribution in [0.1, 0.15) is 43.3 Å². The van der Waals surface area contributed by atoms with Crippen LogP contribution >= 0.6 is 0 Å². The number of aryl methyl sites for hydroxylation is 1. The van der Waals surface area contributed by atoms with Crippen molar-refractivity contribution in [3.05, 3.63) is 29.5 Å². The summed E-state index contributed by atoms with van der Waals surface area (Å²) >= 11 is 0. The molecule has 1 heterocycles. The molecular weight excluding hydrogens is 348 g/mol. The van der Waals surface area contributed by atoms with Crippen LogP contribution in [-0.4, -0.2) is 35.7 Å². The maximum atomic E-state index is 12.8. The molecule has 1 aliphatic rings. The van der Waals surface area contributed by atoms with Crippen molar-refractivity contribution in [3.63, 3.8) is 0 Å². The zero-order valence-corrected chi connectivity index (χ0v) is 16.1. The van der Waals surface area contributed by atoms with Gasteiger partial charge in [0.2, 0.25) is 5.91 Å². The first-order chi connectivity index (χ1) is 12.6. The highest BCUT2D eigenvalue weighted by molar-refractivity contribution is 6.09. The Bertz CT molecular complexity index is 901. The normalized spacial score (nSPS) is 20.1. The predicted octanol–water partition coefficient (Wildman–Crippen LogP) is 2.13. The number of aliphatic hydroxyl groups excluding tert-OH is 1. The molecule has 7 heteroatoms. The van der Waals surface area contributed by atoms with Crippen LogP contribution in [0.15, 0.2) is 22.6 Å². The number of furan rings is 1. The van der Waals surface area contributed by atoms with Gasteiger partial charge in [-0.15, -0.1) is 0 Å². The van der Waals surface area contributed by atoms with Crippen molar-refractivity contribution < 1.29 is 23.8 Å². The molecule has 2 aromatic rings. The maximum absolute atomic E-state index is 12.8. The van der Waals surface area contributed by atoms with E-state index >= 15 is 0 Å². The van der Waals surface area contributed by atoms with Crippen molar-refractivity contribution in [2.75, 3.05) is 13.2 Å². The Balaban J connectivity index is 1.86. The van der Waals surface area contributed by atoms with Gasteiger partial charge >= 0.3 is 0 Å². The number of aliphatic hydroxyl groups is 1. The molecule has 2 unspecified atom stereocenters. The fourth-order valence-electron chi connectivity index (χ4n) is 3.12. The molecule has 2 atom stereocenters. The number of benzene rings is 1. The summed E-state index contributed by atoms with van der Waals surface area (Å²) in [6.07, 6.45) is 1.14. The minimum Gasteiger partial charge on any atom is -0.493 e. The third-order valence-electron chi connectivity index (χ3n) is 5.48. The molecule has 27 heavy (non-hydrogen) atoms. The van der Waals surface area contributed by atoms with Gasteiger partial charge in [0.05, 0.1) is 18.8 Å². The standard InChI is InChI=1S/C20H26N2O5/c1-11-16(17(24)22-20(4,10-23)18(21)25)14-7-13(5-6-15(14)27-11)26-9-12-8-19(12,2)3/h5-7,12,23H,8-10H2,1-4H3,(H2,21,25)(H,22,24). The van der Waals surface area contributed by atoms with Gasteiger partial charge in [0, 0.05) is 5.39 Å². The second-order valence-corrected chi connectivity index (χ2v) is 8.20. The minimum atomic E-state index is -1.56. The van der Waals surface area contributed by atoms with E-state index in [1.165, 1.54) is 6.92 Å². The van der Waals surface area contributed by atoms with Gasteiger partial charge in [0.1, 0.15) is 22.6 Å². The van der Waals surface area contributed by atoms with E-state index in [1.54, 1.807) is 19.1 Å². The SMILES string of the molecule is Cc1oc2ccc(OCC3CC3(C)C)cc2c1C(=O)NC(C)(CO)C(N)=O. The van der Waals surface area contributed by atoms with E-state index in [0.717, 1.165) is 6.42 Å². The first kappa shape index (κ1) is 19.2. The van der Waals surface area contributed by atoms with E-state index in [9.17, 15) is 14.7 Å². The molecule has 1 aliphatic carbocycles. The van der Waals surface area contributed by atoms with Gasteiger partial charge in [0.15, 0.2) is 0 Å². The summed E-state index contributed by atoms with van der Waals surface area (Å²) in [6.45, 7) is 7.49. The lowest BCUT2D eigenvalue weighted by Gasteiger charge is -2.24. The van der Waals surface area contributed by atoms with Crippen molar-refractivity contribution in [2.24, 2.45) is 17.1 Å². The van der Waals surface area contributed by atoms with E-state index in [1.807, 2.05) is 6.07 Å². The number of hydrogen-bond donors (Lipinski definition) is 3. The van der Waals surface area contributed by atoms with Crippen LogP contribution in [0.2, 0.25) is 0 Å². The number of nitrogens with two attached hydrogens (primary N) is 1. The van der Waals surface area contributed by atoms with E-state index in [4.69, 9.17) is 14.9 Å². The topological polar surface area (TPSA) is 115 Å². The van der Waals surface area contributed by atoms with Gasteiger partial charge in [-0.3, -0.25) is 9.59 Å². The summed E-state index contributed by atoms with van der Waals surface area (Å²) in [7, 11) is 0. The molecule has 4 N–H and O–H groups in total. The molecule has 146 valence electrons. The van der Waals surface area contributed by atoms with Gasteiger partial charge < -0.3 is 25.3 Å². The van der Waals surface area contributed by atoms with Crippen LogP contribution in [0, 0.1) is 18.3 Å². The van der Waals surface area contributed by atoms with E-state index < -0.39 is 24.0 Å². The minimum absolute atomic E-state index is 0.295. The molecule has 0 bridgehead atoms. The lowest BCUT2D eigenvalue weighted by atomic mass is 10.0. The number of amides is 2. The molecular formula is C20H26N2O5. The largest absolute Gasteiger partial charge is 0.493 e. The Morgan fingerprint density at radius 3 is 2.67 bits per heavy atom. The zero-order valence-electron chi connectivity index (χ0n) is 16.1. The highest BCUT2D eigenvalue weighted by Gasteiger charge is 2.45. The van der Waals surface area contributed by atoms with Gasteiger partial charge in [-0.2, -0.15) is 0 Å². The smallest absolute Gasteiger partial charge is 0.256 e. The summed E-state index contributed by atoms with van der Waals surface area (Å²) in [5, 5.41) is 12.5. The van der Waals surface area contributed by atoms with E-state index in [2.05, 4.69) is 19.2 Å². The number of hydrogen-bond acceptors (Lipinski definition) is 5. The lowest BCUT2D eigenvalue weighted by molar-refractivity contribution is -0.124. The van der Waals surface area contributed by atoms with Crippen LogP contribution < -0.4 is 15.8 Å². The number of nitrogens with one attached hydrogen (secondary N) is 1. The summed E-state index contributed by atoms with van der Waals surface area (Å²) in [5.41, 5.74) is 4.90. The van der Waals surface area contributed by atoms with E-state index in [-0.39, 0.29) is 0 Å². The van der Waals surface area contributed by atoms with Gasteiger partial charge in [0.25, 0.3) is 5.91 Å². The zero-order chi connectivity index (χ0) is 20.0. The molecule has 7 nitrogen and oxygen atoms in total. The van der Waals surface area contributed by atoms with Crippen LogP contribution in [0.3, 0.4) is 0 Å². The van der Waals surface area contributed by atoms with E-state index in [0.29, 0.717) is 46.0 Å². The van der Waals surface area contributed by atoms with Gasteiger partial charge in [-0.25, -0.2) is 0 Å². The van der Waals surface area contributed by atoms with Gasteiger partial charge in [-0.1, -0.05) is 13.8 Å². The van der Waals surface area contributed by atoms with Gasteiger partial charge in [-0.05, 0) is 49.8 Å². The highest BCUT2D eigenvalue weighted by Crippen LogP contribution is 2.51. The lowest BCUT2D eigenvalue weighted by Crippen LogP contribution is -2.57. The fourth-order valence-corrected chi connectivity index (χ4v) is 3.12. The number of ether oxygens (including phenoxy) is 1. The molecule has 0 saturated heterocycles. The summed E-state index contributed by atoms with van der Waals surface area (Å²) < 4.78 is 11.6. The summed E-state index contributed by atoms with van der Waals surface area (Å²) in [5.74, 6) is 0.234. The quantitative estimate of drug-likeness (QED) is 0.687. The van der Waals surface area contributed by atoms with Crippen molar-refractivity contribution >= 4 is 22.8 Å². The second kappa shape index (κ2) is 6.56. The Morgan fingerprint density at radius 1 is 1.44 bits per heavy atom. The molecule has 0 spiro atoms. The number of rotatable bonds is 7. The molecule has 1 aromatic carbocycles. The Morgan fingerprint density at radius 2 is 2.11 bits per heavy atom. The summed E-state index contributed by atoms with van der Waals surface area (Å²) in [6, 6.07) is 5.33. The molecule has 1 saturated carbocycles. The van der Waals surface area contributed by atoms with Crippen LogP contribution in [0.4, 0.5) is 0 Å². The number of carbonyl (C=O) groups is 2. The number of primary amides is 1. The molecule has 1 aromatic heterocycles.